The summed E-state index contributed by atoms with van der Waals surface area (Å²) in [5.41, 5.74) is 0.732. The zero-order valence-corrected chi connectivity index (χ0v) is 16.8. The number of halogens is 2. The molecular weight excluding hydrogens is 415 g/mol. The van der Waals surface area contributed by atoms with E-state index >= 15 is 0 Å². The minimum Gasteiger partial charge on any atom is -0.484 e. The number of likely N-dealkylation sites (N-methyl/N-ethyl adjacent to an activating group) is 1. The van der Waals surface area contributed by atoms with E-state index in [1.165, 1.54) is 24.1 Å². The lowest BCUT2D eigenvalue weighted by Gasteiger charge is -2.30. The molecule has 2 rings (SSSR count). The number of benzene rings is 2. The van der Waals surface area contributed by atoms with Gasteiger partial charge in [0.15, 0.2) is 6.61 Å². The molecule has 0 radical (unpaired) electrons. The van der Waals surface area contributed by atoms with Crippen LogP contribution in [0.1, 0.15) is 18.9 Å². The maximum atomic E-state index is 13.2. The van der Waals surface area contributed by atoms with Crippen molar-refractivity contribution in [3.05, 3.63) is 64.4 Å². The van der Waals surface area contributed by atoms with Gasteiger partial charge in [-0.05, 0) is 48.4 Å². The highest BCUT2D eigenvalue weighted by Crippen LogP contribution is 2.17. The normalized spacial score (nSPS) is 11.6. The Morgan fingerprint density at radius 3 is 2.33 bits per heavy atom. The molecule has 0 aliphatic rings. The Morgan fingerprint density at radius 2 is 1.78 bits per heavy atom. The summed E-state index contributed by atoms with van der Waals surface area (Å²) in [5, 5.41) is 2.59. The molecule has 27 heavy (non-hydrogen) atoms. The summed E-state index contributed by atoms with van der Waals surface area (Å²) >= 11 is 3.34. The summed E-state index contributed by atoms with van der Waals surface area (Å²) in [6, 6.07) is 12.3. The summed E-state index contributed by atoms with van der Waals surface area (Å²) in [5.74, 6) is -0.371. The van der Waals surface area contributed by atoms with Crippen LogP contribution < -0.4 is 10.1 Å². The molecule has 2 aromatic rings. The van der Waals surface area contributed by atoms with Crippen molar-refractivity contribution >= 4 is 27.7 Å². The number of nitrogens with one attached hydrogen (secondary N) is 1. The Kier molecular flexibility index (Phi) is 7.79. The molecule has 7 heteroatoms. The number of carbonyl (C=O) groups is 2. The predicted octanol–water partition coefficient (Wildman–Crippen LogP) is 3.52. The molecule has 2 aromatic carbocycles. The maximum absolute atomic E-state index is 13.2. The Balaban J connectivity index is 2.15. The third-order valence-electron chi connectivity index (χ3n) is 4.07. The van der Waals surface area contributed by atoms with Gasteiger partial charge >= 0.3 is 0 Å². The van der Waals surface area contributed by atoms with Gasteiger partial charge in [-0.3, -0.25) is 9.59 Å². The molecule has 0 heterocycles. The first kappa shape index (κ1) is 20.9. The van der Waals surface area contributed by atoms with Crippen LogP contribution in [0.4, 0.5) is 4.39 Å². The Hall–Kier alpha value is -2.41. The lowest BCUT2D eigenvalue weighted by molar-refractivity contribution is -0.142. The fourth-order valence-corrected chi connectivity index (χ4v) is 2.90. The number of hydrogen-bond acceptors (Lipinski definition) is 3. The molecule has 2 amide bonds. The predicted molar refractivity (Wildman–Crippen MR) is 105 cm³/mol. The van der Waals surface area contributed by atoms with Crippen LogP contribution in [-0.2, 0) is 16.1 Å². The van der Waals surface area contributed by atoms with Crippen molar-refractivity contribution in [3.8, 4) is 5.75 Å². The molecular formula is C20H22BrFN2O3. The number of carbonyl (C=O) groups excluding carboxylic acids is 2. The van der Waals surface area contributed by atoms with Crippen LogP contribution in [0, 0.1) is 5.82 Å². The second-order valence-electron chi connectivity index (χ2n) is 5.93. The molecule has 5 nitrogen and oxygen atoms in total. The van der Waals surface area contributed by atoms with E-state index in [1.54, 1.807) is 24.3 Å². The van der Waals surface area contributed by atoms with Gasteiger partial charge in [-0.1, -0.05) is 35.0 Å². The van der Waals surface area contributed by atoms with Crippen LogP contribution in [0.2, 0.25) is 0 Å². The quantitative estimate of drug-likeness (QED) is 0.688. The van der Waals surface area contributed by atoms with Gasteiger partial charge < -0.3 is 15.0 Å². The van der Waals surface area contributed by atoms with Gasteiger partial charge in [0.25, 0.3) is 5.91 Å². The van der Waals surface area contributed by atoms with Crippen molar-refractivity contribution < 1.29 is 18.7 Å². The molecule has 0 aromatic heterocycles. The fourth-order valence-electron chi connectivity index (χ4n) is 2.63. The number of ether oxygens (including phenoxy) is 1. The van der Waals surface area contributed by atoms with E-state index in [2.05, 4.69) is 21.2 Å². The molecule has 0 fully saturated rings. The van der Waals surface area contributed by atoms with E-state index in [0.29, 0.717) is 12.2 Å². The van der Waals surface area contributed by atoms with E-state index < -0.39 is 6.04 Å². The summed E-state index contributed by atoms with van der Waals surface area (Å²) < 4.78 is 19.6. The van der Waals surface area contributed by atoms with Gasteiger partial charge in [-0.2, -0.15) is 0 Å². The van der Waals surface area contributed by atoms with Crippen LogP contribution >= 0.6 is 15.9 Å². The standard InChI is InChI=1S/C20H22BrFN2O3/c1-3-18(20(26)23-2)24(12-14-4-8-16(22)9-5-14)19(25)13-27-17-10-6-15(21)7-11-17/h4-11,18H,3,12-13H2,1-2H3,(H,23,26). The second-order valence-corrected chi connectivity index (χ2v) is 6.84. The first-order chi connectivity index (χ1) is 12.9. The Bertz CT molecular complexity index is 766. The second kappa shape index (κ2) is 10.1. The van der Waals surface area contributed by atoms with Crippen molar-refractivity contribution in [3.63, 3.8) is 0 Å². The summed E-state index contributed by atoms with van der Waals surface area (Å²) in [7, 11) is 1.53. The average molecular weight is 437 g/mol. The third kappa shape index (κ3) is 6.06. The van der Waals surface area contributed by atoms with Crippen LogP contribution in [-0.4, -0.2) is 36.4 Å². The first-order valence-corrected chi connectivity index (χ1v) is 9.37. The minimum absolute atomic E-state index is 0.189. The third-order valence-corrected chi connectivity index (χ3v) is 4.60. The fraction of sp³-hybridized carbons (Fsp3) is 0.300. The lowest BCUT2D eigenvalue weighted by Crippen LogP contribution is -2.49. The van der Waals surface area contributed by atoms with Crippen molar-refractivity contribution in [1.29, 1.82) is 0 Å². The largest absolute Gasteiger partial charge is 0.484 e. The lowest BCUT2D eigenvalue weighted by atomic mass is 10.1. The van der Waals surface area contributed by atoms with Crippen LogP contribution in [0.25, 0.3) is 0 Å². The maximum Gasteiger partial charge on any atom is 0.261 e. The molecule has 0 saturated carbocycles. The average Bonchev–Trinajstić information content (AvgIpc) is 2.68. The van der Waals surface area contributed by atoms with Crippen molar-refractivity contribution in [2.45, 2.75) is 25.9 Å². The highest BCUT2D eigenvalue weighted by molar-refractivity contribution is 9.10. The van der Waals surface area contributed by atoms with Crippen molar-refractivity contribution in [2.75, 3.05) is 13.7 Å². The zero-order chi connectivity index (χ0) is 19.8. The molecule has 0 spiro atoms. The zero-order valence-electron chi connectivity index (χ0n) is 15.2. The smallest absolute Gasteiger partial charge is 0.261 e. The molecule has 0 bridgehead atoms. The van der Waals surface area contributed by atoms with Crippen LogP contribution in [0.15, 0.2) is 53.0 Å². The van der Waals surface area contributed by atoms with Crippen LogP contribution in [0.5, 0.6) is 5.75 Å². The molecule has 1 atom stereocenters. The Labute approximate surface area is 166 Å². The van der Waals surface area contributed by atoms with Gasteiger partial charge in [0.1, 0.15) is 17.6 Å². The Morgan fingerprint density at radius 1 is 1.15 bits per heavy atom. The number of hydrogen-bond donors (Lipinski definition) is 1. The van der Waals surface area contributed by atoms with Gasteiger partial charge in [-0.15, -0.1) is 0 Å². The van der Waals surface area contributed by atoms with E-state index in [0.717, 1.165) is 10.0 Å². The monoisotopic (exact) mass is 436 g/mol. The summed E-state index contributed by atoms with van der Waals surface area (Å²) in [6.07, 6.45) is 0.449. The molecule has 0 saturated heterocycles. The first-order valence-electron chi connectivity index (χ1n) is 8.58. The number of nitrogens with zero attached hydrogens (tertiary/aromatic N) is 1. The van der Waals surface area contributed by atoms with Crippen molar-refractivity contribution in [1.82, 2.24) is 10.2 Å². The molecule has 1 N–H and O–H groups in total. The summed E-state index contributed by atoms with van der Waals surface area (Å²) in [4.78, 5) is 26.5. The highest BCUT2D eigenvalue weighted by Gasteiger charge is 2.28. The van der Waals surface area contributed by atoms with E-state index in [4.69, 9.17) is 4.74 Å². The van der Waals surface area contributed by atoms with Crippen molar-refractivity contribution in [2.24, 2.45) is 0 Å². The summed E-state index contributed by atoms with van der Waals surface area (Å²) in [6.45, 7) is 1.82. The SMILES string of the molecule is CCC(C(=O)NC)N(Cc1ccc(F)cc1)C(=O)COc1ccc(Br)cc1. The minimum atomic E-state index is -0.638. The van der Waals surface area contributed by atoms with Crippen LogP contribution in [0.3, 0.4) is 0 Å². The van der Waals surface area contributed by atoms with E-state index in [-0.39, 0.29) is 30.8 Å². The van der Waals surface area contributed by atoms with E-state index in [1.807, 2.05) is 19.1 Å². The molecule has 1 unspecified atom stereocenters. The molecule has 0 aliphatic heterocycles. The van der Waals surface area contributed by atoms with E-state index in [9.17, 15) is 14.0 Å². The van der Waals surface area contributed by atoms with Gasteiger partial charge in [0.05, 0.1) is 0 Å². The number of rotatable bonds is 8. The van der Waals surface area contributed by atoms with Gasteiger partial charge in [0, 0.05) is 18.1 Å². The van der Waals surface area contributed by atoms with Gasteiger partial charge in [0.2, 0.25) is 5.91 Å². The topological polar surface area (TPSA) is 58.6 Å². The molecule has 0 aliphatic carbocycles. The van der Waals surface area contributed by atoms with Gasteiger partial charge in [-0.25, -0.2) is 4.39 Å². The number of amides is 2. The molecule has 144 valence electrons. The highest BCUT2D eigenvalue weighted by atomic mass is 79.9.